The smallest absolute Gasteiger partial charge is 0.326 e. The molecule has 1 amide bonds. The third-order valence-electron chi connectivity index (χ3n) is 3.95. The average Bonchev–Trinajstić information content (AvgIpc) is 2.57. The van der Waals surface area contributed by atoms with E-state index in [0.29, 0.717) is 12.8 Å². The predicted octanol–water partition coefficient (Wildman–Crippen LogP) is 0.719. The highest BCUT2D eigenvalue weighted by molar-refractivity contribution is 5.89. The lowest BCUT2D eigenvalue weighted by atomic mass is 10.0. The Kier molecular flexibility index (Phi) is 8.95. The van der Waals surface area contributed by atoms with Crippen LogP contribution in [-0.4, -0.2) is 47.4 Å². The average molecular weight is 363 g/mol. The number of nitrogens with two attached hydrogens (primary N) is 1. The summed E-state index contributed by atoms with van der Waals surface area (Å²) >= 11 is 0. The van der Waals surface area contributed by atoms with E-state index >= 15 is 0 Å². The Bertz CT molecular complexity index is 602. The van der Waals surface area contributed by atoms with Crippen molar-refractivity contribution in [1.82, 2.24) is 10.6 Å². The summed E-state index contributed by atoms with van der Waals surface area (Å²) in [5.74, 6) is -1.61. The highest BCUT2D eigenvalue weighted by atomic mass is 16.4. The summed E-state index contributed by atoms with van der Waals surface area (Å²) in [4.78, 5) is 35.8. The number of rotatable bonds is 11. The van der Waals surface area contributed by atoms with Crippen molar-refractivity contribution in [3.05, 3.63) is 35.9 Å². The van der Waals surface area contributed by atoms with Crippen molar-refractivity contribution in [2.45, 2.75) is 51.7 Å². The summed E-state index contributed by atoms with van der Waals surface area (Å²) in [6, 6.07) is 7.01. The number of Topliss-reactive ketones (excluding diaryl/α,β-unsaturated/α-hetero) is 1. The molecule has 0 fully saturated rings. The minimum atomic E-state index is -1.07. The van der Waals surface area contributed by atoms with Gasteiger partial charge in [0.15, 0.2) is 5.78 Å². The minimum absolute atomic E-state index is 0.0511. The highest BCUT2D eigenvalue weighted by Crippen LogP contribution is 2.08. The number of hydrogen-bond donors (Lipinski definition) is 4. The van der Waals surface area contributed by atoms with Crippen LogP contribution in [0.3, 0.4) is 0 Å². The van der Waals surface area contributed by atoms with Gasteiger partial charge in [0.1, 0.15) is 6.04 Å². The first kappa shape index (κ1) is 21.8. The second-order valence-electron chi connectivity index (χ2n) is 6.91. The largest absolute Gasteiger partial charge is 0.480 e. The third kappa shape index (κ3) is 7.76. The highest BCUT2D eigenvalue weighted by Gasteiger charge is 2.26. The lowest BCUT2D eigenvalue weighted by molar-refractivity contribution is -0.142. The molecular weight excluding hydrogens is 334 g/mol. The van der Waals surface area contributed by atoms with E-state index in [2.05, 4.69) is 10.6 Å². The molecule has 144 valence electrons. The van der Waals surface area contributed by atoms with Gasteiger partial charge < -0.3 is 16.2 Å². The van der Waals surface area contributed by atoms with Gasteiger partial charge in [-0.2, -0.15) is 0 Å². The van der Waals surface area contributed by atoms with Gasteiger partial charge in [0.2, 0.25) is 5.91 Å². The standard InChI is InChI=1S/C19H29N3O4/c1-12(2)9-16(19(25)26)22-18(24)15(21-11-17(23)13(3)20)10-14-7-5-4-6-8-14/h4-8,12-13,15-16,21H,9-11,20H2,1-3H3,(H,22,24)(H,25,26)/t13-,15-,16-/m0/s1. The summed E-state index contributed by atoms with van der Waals surface area (Å²) < 4.78 is 0. The van der Waals surface area contributed by atoms with Crippen LogP contribution in [0, 0.1) is 5.92 Å². The van der Waals surface area contributed by atoms with Crippen molar-refractivity contribution in [3.63, 3.8) is 0 Å². The maximum absolute atomic E-state index is 12.6. The number of benzene rings is 1. The van der Waals surface area contributed by atoms with Gasteiger partial charge >= 0.3 is 5.97 Å². The first-order valence-corrected chi connectivity index (χ1v) is 8.79. The molecule has 0 aliphatic heterocycles. The summed E-state index contributed by atoms with van der Waals surface area (Å²) in [5.41, 5.74) is 6.46. The summed E-state index contributed by atoms with van der Waals surface area (Å²) in [6.45, 7) is 5.32. The molecule has 0 aliphatic carbocycles. The van der Waals surface area contributed by atoms with Crippen LogP contribution >= 0.6 is 0 Å². The van der Waals surface area contributed by atoms with Crippen molar-refractivity contribution < 1.29 is 19.5 Å². The van der Waals surface area contributed by atoms with Gasteiger partial charge in [-0.15, -0.1) is 0 Å². The molecule has 0 radical (unpaired) electrons. The van der Waals surface area contributed by atoms with Gasteiger partial charge in [-0.1, -0.05) is 44.2 Å². The topological polar surface area (TPSA) is 122 Å². The molecule has 1 aromatic rings. The minimum Gasteiger partial charge on any atom is -0.480 e. The molecule has 0 bridgehead atoms. The molecule has 0 aliphatic rings. The van der Waals surface area contributed by atoms with E-state index < -0.39 is 30.0 Å². The molecule has 7 nitrogen and oxygen atoms in total. The second kappa shape index (κ2) is 10.7. The molecule has 0 heterocycles. The molecule has 0 aromatic heterocycles. The number of carboxylic acids is 1. The van der Waals surface area contributed by atoms with Gasteiger partial charge in [0.25, 0.3) is 0 Å². The van der Waals surface area contributed by atoms with E-state index in [1.54, 1.807) is 6.92 Å². The fraction of sp³-hybridized carbons (Fsp3) is 0.526. The maximum Gasteiger partial charge on any atom is 0.326 e. The predicted molar refractivity (Wildman–Crippen MR) is 99.6 cm³/mol. The van der Waals surface area contributed by atoms with E-state index in [4.69, 9.17) is 5.73 Å². The summed E-state index contributed by atoms with van der Waals surface area (Å²) in [7, 11) is 0. The number of carboxylic acid groups (broad SMARTS) is 1. The second-order valence-corrected chi connectivity index (χ2v) is 6.91. The third-order valence-corrected chi connectivity index (χ3v) is 3.95. The Morgan fingerprint density at radius 1 is 1.08 bits per heavy atom. The van der Waals surface area contributed by atoms with Gasteiger partial charge in [-0.3, -0.25) is 14.9 Å². The van der Waals surface area contributed by atoms with Crippen LogP contribution in [0.2, 0.25) is 0 Å². The molecule has 0 unspecified atom stereocenters. The van der Waals surface area contributed by atoms with Crippen LogP contribution in [0.25, 0.3) is 0 Å². The van der Waals surface area contributed by atoms with E-state index in [9.17, 15) is 19.5 Å². The summed E-state index contributed by atoms with van der Waals surface area (Å²) in [5, 5.41) is 14.8. The lowest BCUT2D eigenvalue weighted by Gasteiger charge is -2.22. The molecule has 1 aromatic carbocycles. The van der Waals surface area contributed by atoms with Crippen LogP contribution in [0.1, 0.15) is 32.8 Å². The maximum atomic E-state index is 12.6. The Balaban J connectivity index is 2.85. The number of carbonyl (C=O) groups is 3. The molecule has 0 saturated heterocycles. The normalized spacial score (nSPS) is 14.5. The van der Waals surface area contributed by atoms with Crippen LogP contribution in [0.5, 0.6) is 0 Å². The Labute approximate surface area is 154 Å². The number of carbonyl (C=O) groups excluding carboxylic acids is 2. The van der Waals surface area contributed by atoms with Crippen LogP contribution in [0.15, 0.2) is 30.3 Å². The Morgan fingerprint density at radius 3 is 2.19 bits per heavy atom. The van der Waals surface area contributed by atoms with Crippen LogP contribution in [0.4, 0.5) is 0 Å². The molecule has 0 saturated carbocycles. The first-order chi connectivity index (χ1) is 12.2. The van der Waals surface area contributed by atoms with Crippen molar-refractivity contribution >= 4 is 17.7 Å². The quantitative estimate of drug-likeness (QED) is 0.460. The SMILES string of the molecule is CC(C)C[C@H](NC(=O)[C@H](Cc1ccccc1)NCC(=O)[C@H](C)N)C(=O)O. The number of nitrogens with one attached hydrogen (secondary N) is 2. The number of ketones is 1. The number of amides is 1. The first-order valence-electron chi connectivity index (χ1n) is 8.79. The molecule has 3 atom stereocenters. The Hall–Kier alpha value is -2.25. The van der Waals surface area contributed by atoms with Crippen molar-refractivity contribution in [3.8, 4) is 0 Å². The monoisotopic (exact) mass is 363 g/mol. The van der Waals surface area contributed by atoms with Gasteiger partial charge in [-0.25, -0.2) is 4.79 Å². The molecule has 1 rings (SSSR count). The van der Waals surface area contributed by atoms with Crippen molar-refractivity contribution in [2.75, 3.05) is 6.54 Å². The van der Waals surface area contributed by atoms with Gasteiger partial charge in [-0.05, 0) is 31.2 Å². The lowest BCUT2D eigenvalue weighted by Crippen LogP contribution is -2.53. The number of hydrogen-bond acceptors (Lipinski definition) is 5. The van der Waals surface area contributed by atoms with E-state index in [1.165, 1.54) is 0 Å². The van der Waals surface area contributed by atoms with Gasteiger partial charge in [0.05, 0.1) is 18.6 Å². The number of aliphatic carboxylic acids is 1. The zero-order valence-electron chi connectivity index (χ0n) is 15.6. The fourth-order valence-corrected chi connectivity index (χ4v) is 2.46. The van der Waals surface area contributed by atoms with Gasteiger partial charge in [0, 0.05) is 0 Å². The van der Waals surface area contributed by atoms with E-state index in [1.807, 2.05) is 44.2 Å². The van der Waals surface area contributed by atoms with E-state index in [0.717, 1.165) is 5.56 Å². The Morgan fingerprint density at radius 2 is 1.69 bits per heavy atom. The van der Waals surface area contributed by atoms with E-state index in [-0.39, 0.29) is 18.2 Å². The zero-order valence-corrected chi connectivity index (χ0v) is 15.6. The van der Waals surface area contributed by atoms with Crippen LogP contribution in [-0.2, 0) is 20.8 Å². The van der Waals surface area contributed by atoms with Crippen LogP contribution < -0.4 is 16.4 Å². The zero-order chi connectivity index (χ0) is 19.7. The fourth-order valence-electron chi connectivity index (χ4n) is 2.46. The summed E-state index contributed by atoms with van der Waals surface area (Å²) in [6.07, 6.45) is 0.671. The molecule has 5 N–H and O–H groups in total. The molecule has 7 heteroatoms. The van der Waals surface area contributed by atoms with Crippen molar-refractivity contribution in [2.24, 2.45) is 11.7 Å². The molecule has 0 spiro atoms. The molecule has 26 heavy (non-hydrogen) atoms. The van der Waals surface area contributed by atoms with Crippen molar-refractivity contribution in [1.29, 1.82) is 0 Å². The molecular formula is C19H29N3O4.